The second-order valence-corrected chi connectivity index (χ2v) is 5.69. The van der Waals surface area contributed by atoms with E-state index >= 15 is 0 Å². The molecule has 0 saturated heterocycles. The van der Waals surface area contributed by atoms with Crippen molar-refractivity contribution in [2.24, 2.45) is 0 Å². The molecule has 0 aliphatic carbocycles. The molecule has 24 heavy (non-hydrogen) atoms. The van der Waals surface area contributed by atoms with E-state index in [0.29, 0.717) is 0 Å². The van der Waals surface area contributed by atoms with Gasteiger partial charge in [-0.25, -0.2) is 4.98 Å². The summed E-state index contributed by atoms with van der Waals surface area (Å²) in [5.74, 6) is 0.233. The minimum absolute atomic E-state index is 0.233. The lowest BCUT2D eigenvalue weighted by atomic mass is 10.2. The zero-order chi connectivity index (χ0) is 16.5. The fraction of sp³-hybridized carbons (Fsp3) is 0.100. The molecular weight excluding hydrogens is 298 g/mol. The van der Waals surface area contributed by atoms with Crippen LogP contribution in [0.5, 0.6) is 5.75 Å². The number of benzene rings is 3. The Morgan fingerprint density at radius 1 is 0.917 bits per heavy atom. The number of anilines is 1. The van der Waals surface area contributed by atoms with E-state index in [-0.39, 0.29) is 5.75 Å². The predicted molar refractivity (Wildman–Crippen MR) is 96.6 cm³/mol. The number of rotatable bonds is 3. The van der Waals surface area contributed by atoms with Crippen molar-refractivity contribution in [2.45, 2.75) is 6.92 Å². The standard InChI is InChI=1S/C20H17N3O/c1-2-21-14-8-10-17-19(12-14)23(15-6-4-3-5-7-15)20-13-16(24)9-11-18(20)22-17/h3-13H,2H2,1H3,(H,21,24)/p+1. The fourth-order valence-corrected chi connectivity index (χ4v) is 3.01. The molecule has 0 saturated carbocycles. The monoisotopic (exact) mass is 316 g/mol. The lowest BCUT2D eigenvalue weighted by Gasteiger charge is -2.07. The molecule has 2 N–H and O–H groups in total. The van der Waals surface area contributed by atoms with Crippen LogP contribution in [0.1, 0.15) is 6.92 Å². The number of phenols is 1. The van der Waals surface area contributed by atoms with Crippen LogP contribution in [0.2, 0.25) is 0 Å². The van der Waals surface area contributed by atoms with Gasteiger partial charge >= 0.3 is 0 Å². The third-order valence-electron chi connectivity index (χ3n) is 4.05. The van der Waals surface area contributed by atoms with Crippen molar-refractivity contribution in [1.82, 2.24) is 4.98 Å². The largest absolute Gasteiger partial charge is 0.508 e. The van der Waals surface area contributed by atoms with Crippen LogP contribution in [0.3, 0.4) is 0 Å². The molecule has 4 rings (SSSR count). The van der Waals surface area contributed by atoms with Gasteiger partial charge < -0.3 is 10.4 Å². The van der Waals surface area contributed by atoms with Gasteiger partial charge in [-0.3, -0.25) is 0 Å². The highest BCUT2D eigenvalue weighted by atomic mass is 16.3. The summed E-state index contributed by atoms with van der Waals surface area (Å²) in [5, 5.41) is 13.3. The minimum atomic E-state index is 0.233. The lowest BCUT2D eigenvalue weighted by Crippen LogP contribution is -2.33. The van der Waals surface area contributed by atoms with Crippen LogP contribution < -0.4 is 9.88 Å². The van der Waals surface area contributed by atoms with E-state index in [1.165, 1.54) is 0 Å². The van der Waals surface area contributed by atoms with Crippen molar-refractivity contribution >= 4 is 27.8 Å². The summed E-state index contributed by atoms with van der Waals surface area (Å²) in [6, 6.07) is 21.6. The second-order valence-electron chi connectivity index (χ2n) is 5.69. The molecule has 4 aromatic rings. The molecule has 4 heteroatoms. The molecule has 1 heterocycles. The van der Waals surface area contributed by atoms with Crippen molar-refractivity contribution < 1.29 is 9.67 Å². The van der Waals surface area contributed by atoms with Gasteiger partial charge in [-0.1, -0.05) is 18.2 Å². The molecule has 3 aromatic carbocycles. The Morgan fingerprint density at radius 2 is 1.62 bits per heavy atom. The Kier molecular flexibility index (Phi) is 3.50. The third-order valence-corrected chi connectivity index (χ3v) is 4.05. The normalized spacial score (nSPS) is 11.0. The summed E-state index contributed by atoms with van der Waals surface area (Å²) in [6.45, 7) is 2.94. The third kappa shape index (κ3) is 2.42. The van der Waals surface area contributed by atoms with Crippen LogP contribution in [0.25, 0.3) is 27.8 Å². The Labute approximate surface area is 140 Å². The van der Waals surface area contributed by atoms with Gasteiger partial charge in [0, 0.05) is 30.4 Å². The Hall–Kier alpha value is -3.14. The Bertz CT molecular complexity index is 1030. The highest BCUT2D eigenvalue weighted by Gasteiger charge is 2.20. The number of hydrogen-bond donors (Lipinski definition) is 2. The average molecular weight is 316 g/mol. The number of aromatic nitrogens is 2. The van der Waals surface area contributed by atoms with Gasteiger partial charge in [-0.05, 0) is 31.2 Å². The average Bonchev–Trinajstić information content (AvgIpc) is 2.61. The molecule has 0 bridgehead atoms. The summed E-state index contributed by atoms with van der Waals surface area (Å²) >= 11 is 0. The molecule has 0 spiro atoms. The van der Waals surface area contributed by atoms with E-state index < -0.39 is 0 Å². The highest BCUT2D eigenvalue weighted by molar-refractivity contribution is 5.84. The van der Waals surface area contributed by atoms with E-state index in [2.05, 4.69) is 35.0 Å². The van der Waals surface area contributed by atoms with Crippen molar-refractivity contribution in [2.75, 3.05) is 11.9 Å². The van der Waals surface area contributed by atoms with Crippen LogP contribution in [-0.4, -0.2) is 16.6 Å². The molecule has 118 valence electrons. The van der Waals surface area contributed by atoms with Crippen molar-refractivity contribution in [1.29, 1.82) is 0 Å². The van der Waals surface area contributed by atoms with Crippen LogP contribution in [0.4, 0.5) is 5.69 Å². The van der Waals surface area contributed by atoms with Gasteiger partial charge in [0.25, 0.3) is 0 Å². The second kappa shape index (κ2) is 5.81. The summed E-state index contributed by atoms with van der Waals surface area (Å²) in [6.07, 6.45) is 0. The Balaban J connectivity index is 2.14. The van der Waals surface area contributed by atoms with Crippen LogP contribution >= 0.6 is 0 Å². The molecule has 0 aliphatic heterocycles. The van der Waals surface area contributed by atoms with Crippen LogP contribution in [0.15, 0.2) is 66.7 Å². The van der Waals surface area contributed by atoms with Crippen molar-refractivity contribution in [3.63, 3.8) is 0 Å². The number of nitrogens with one attached hydrogen (secondary N) is 1. The lowest BCUT2D eigenvalue weighted by molar-refractivity contribution is -0.538. The summed E-state index contributed by atoms with van der Waals surface area (Å²) in [4.78, 5) is 4.75. The first-order valence-corrected chi connectivity index (χ1v) is 8.04. The van der Waals surface area contributed by atoms with Gasteiger partial charge in [0.15, 0.2) is 0 Å². The summed E-state index contributed by atoms with van der Waals surface area (Å²) in [7, 11) is 0. The minimum Gasteiger partial charge on any atom is -0.508 e. The van der Waals surface area contributed by atoms with Gasteiger partial charge in [0.05, 0.1) is 6.07 Å². The van der Waals surface area contributed by atoms with Gasteiger partial charge in [0.2, 0.25) is 16.7 Å². The van der Waals surface area contributed by atoms with Gasteiger partial charge in [-0.15, -0.1) is 4.57 Å². The van der Waals surface area contributed by atoms with Crippen molar-refractivity contribution in [3.05, 3.63) is 66.7 Å². The first kappa shape index (κ1) is 14.5. The van der Waals surface area contributed by atoms with E-state index in [1.807, 2.05) is 36.4 Å². The molecule has 1 aromatic heterocycles. The van der Waals surface area contributed by atoms with Gasteiger partial charge in [-0.2, -0.15) is 0 Å². The van der Waals surface area contributed by atoms with E-state index in [9.17, 15) is 5.11 Å². The molecule has 0 aliphatic rings. The maximum absolute atomic E-state index is 9.96. The number of para-hydroxylation sites is 1. The number of aromatic hydroxyl groups is 1. The number of phenolic OH excluding ortho intramolecular Hbond substituents is 1. The quantitative estimate of drug-likeness (QED) is 0.446. The fourth-order valence-electron chi connectivity index (χ4n) is 3.01. The zero-order valence-corrected chi connectivity index (χ0v) is 13.4. The first-order valence-electron chi connectivity index (χ1n) is 8.04. The highest BCUT2D eigenvalue weighted by Crippen LogP contribution is 2.23. The topological polar surface area (TPSA) is 49.0 Å². The summed E-state index contributed by atoms with van der Waals surface area (Å²) < 4.78 is 2.14. The zero-order valence-electron chi connectivity index (χ0n) is 13.4. The van der Waals surface area contributed by atoms with E-state index in [4.69, 9.17) is 4.98 Å². The number of hydrogen-bond acceptors (Lipinski definition) is 3. The maximum Gasteiger partial charge on any atom is 0.241 e. The van der Waals surface area contributed by atoms with Gasteiger partial charge in [0.1, 0.15) is 16.8 Å². The van der Waals surface area contributed by atoms with E-state index in [1.54, 1.807) is 12.1 Å². The molecule has 0 unspecified atom stereocenters. The predicted octanol–water partition coefficient (Wildman–Crippen LogP) is 3.80. The molecule has 4 nitrogen and oxygen atoms in total. The first-order chi connectivity index (χ1) is 11.8. The maximum atomic E-state index is 9.96. The smallest absolute Gasteiger partial charge is 0.241 e. The van der Waals surface area contributed by atoms with Crippen LogP contribution in [0, 0.1) is 0 Å². The molecule has 0 radical (unpaired) electrons. The number of fused-ring (bicyclic) bond motifs is 2. The summed E-state index contributed by atoms with van der Waals surface area (Å²) in [5.41, 5.74) is 5.73. The molecular formula is C20H18N3O+. The van der Waals surface area contributed by atoms with Crippen LogP contribution in [-0.2, 0) is 0 Å². The SMILES string of the molecule is CCNc1ccc2nc3ccc(O)cc3[n+](-c3ccccc3)c2c1. The number of nitrogens with zero attached hydrogens (tertiary/aromatic N) is 2. The molecule has 0 atom stereocenters. The van der Waals surface area contributed by atoms with Crippen molar-refractivity contribution in [3.8, 4) is 11.4 Å². The van der Waals surface area contributed by atoms with E-state index in [0.717, 1.165) is 40.0 Å². The molecule has 0 amide bonds. The Morgan fingerprint density at radius 3 is 2.38 bits per heavy atom. The molecule has 0 fully saturated rings.